The minimum atomic E-state index is -0.260. The van der Waals surface area contributed by atoms with Gasteiger partial charge in [0.15, 0.2) is 6.61 Å². The van der Waals surface area contributed by atoms with E-state index in [0.717, 1.165) is 54.7 Å². The Bertz CT molecular complexity index is 971. The summed E-state index contributed by atoms with van der Waals surface area (Å²) in [5, 5.41) is 3.58. The van der Waals surface area contributed by atoms with Crippen LogP contribution in [0.2, 0.25) is 5.02 Å². The summed E-state index contributed by atoms with van der Waals surface area (Å²) in [4.78, 5) is 12.2. The topological polar surface area (TPSA) is 56.8 Å². The molecule has 0 fully saturated rings. The summed E-state index contributed by atoms with van der Waals surface area (Å²) in [6.45, 7) is 15.1. The summed E-state index contributed by atoms with van der Waals surface area (Å²) in [6, 6.07) is 11.5. The van der Waals surface area contributed by atoms with Gasteiger partial charge < -0.3 is 19.5 Å². The Kier molecular flexibility index (Phi) is 10.8. The van der Waals surface area contributed by atoms with E-state index in [-0.39, 0.29) is 23.7 Å². The van der Waals surface area contributed by atoms with Crippen molar-refractivity contribution in [1.82, 2.24) is 5.32 Å². The number of unbranched alkanes of at least 4 members (excludes halogenated alkanes) is 1. The minimum Gasteiger partial charge on any atom is -0.488 e. The third kappa shape index (κ3) is 10.0. The number of ether oxygens (including phenoxy) is 3. The van der Waals surface area contributed by atoms with Crippen LogP contribution < -0.4 is 19.5 Å². The molecular formula is C29H42ClNO4. The van der Waals surface area contributed by atoms with Crippen LogP contribution in [0.3, 0.4) is 0 Å². The Morgan fingerprint density at radius 2 is 1.60 bits per heavy atom. The van der Waals surface area contributed by atoms with Crippen LogP contribution in [-0.2, 0) is 11.2 Å². The van der Waals surface area contributed by atoms with Crippen molar-refractivity contribution in [3.63, 3.8) is 0 Å². The SMILES string of the molecule is CCC(C)(C)Oc1ccc(CCCCNC(=O)COc2ccc(Cl)cc2C)c(OC(C)(C)CC)c1. The van der Waals surface area contributed by atoms with Gasteiger partial charge in [-0.2, -0.15) is 0 Å². The number of halogens is 1. The lowest BCUT2D eigenvalue weighted by atomic mass is 10.0. The maximum Gasteiger partial charge on any atom is 0.257 e. The van der Waals surface area contributed by atoms with Crippen molar-refractivity contribution in [1.29, 1.82) is 0 Å². The third-order valence-electron chi connectivity index (χ3n) is 6.21. The monoisotopic (exact) mass is 503 g/mol. The highest BCUT2D eigenvalue weighted by atomic mass is 35.5. The number of hydrogen-bond acceptors (Lipinski definition) is 4. The molecule has 0 aliphatic carbocycles. The lowest BCUT2D eigenvalue weighted by Gasteiger charge is -2.29. The molecule has 194 valence electrons. The number of carbonyl (C=O) groups is 1. The maximum atomic E-state index is 12.2. The molecule has 0 atom stereocenters. The van der Waals surface area contributed by atoms with E-state index in [9.17, 15) is 4.79 Å². The first kappa shape index (κ1) is 28.8. The van der Waals surface area contributed by atoms with Crippen LogP contribution in [-0.4, -0.2) is 30.3 Å². The Morgan fingerprint density at radius 1 is 0.914 bits per heavy atom. The van der Waals surface area contributed by atoms with Gasteiger partial charge in [-0.15, -0.1) is 0 Å². The predicted octanol–water partition coefficient (Wildman–Crippen LogP) is 7.30. The van der Waals surface area contributed by atoms with Crippen molar-refractivity contribution in [3.8, 4) is 17.2 Å². The van der Waals surface area contributed by atoms with Gasteiger partial charge in [0.1, 0.15) is 28.5 Å². The lowest BCUT2D eigenvalue weighted by molar-refractivity contribution is -0.123. The molecule has 0 radical (unpaired) electrons. The molecule has 0 heterocycles. The molecule has 6 heteroatoms. The number of benzene rings is 2. The van der Waals surface area contributed by atoms with Gasteiger partial charge in [0, 0.05) is 17.6 Å². The summed E-state index contributed by atoms with van der Waals surface area (Å²) < 4.78 is 18.2. The Balaban J connectivity index is 1.87. The predicted molar refractivity (Wildman–Crippen MR) is 144 cm³/mol. The van der Waals surface area contributed by atoms with E-state index in [4.69, 9.17) is 25.8 Å². The quantitative estimate of drug-likeness (QED) is 0.275. The molecular weight excluding hydrogens is 462 g/mol. The van der Waals surface area contributed by atoms with Gasteiger partial charge in [-0.1, -0.05) is 31.5 Å². The normalized spacial score (nSPS) is 11.8. The molecule has 2 aromatic carbocycles. The van der Waals surface area contributed by atoms with Crippen LogP contribution in [0.25, 0.3) is 0 Å². The van der Waals surface area contributed by atoms with E-state index >= 15 is 0 Å². The van der Waals surface area contributed by atoms with Gasteiger partial charge in [-0.25, -0.2) is 0 Å². The summed E-state index contributed by atoms with van der Waals surface area (Å²) >= 11 is 5.96. The smallest absolute Gasteiger partial charge is 0.257 e. The molecule has 0 saturated carbocycles. The van der Waals surface area contributed by atoms with Crippen LogP contribution in [0.1, 0.15) is 78.4 Å². The average molecular weight is 504 g/mol. The first-order valence-corrected chi connectivity index (χ1v) is 13.0. The van der Waals surface area contributed by atoms with Gasteiger partial charge in [0.25, 0.3) is 5.91 Å². The maximum absolute atomic E-state index is 12.2. The van der Waals surface area contributed by atoms with Crippen molar-refractivity contribution < 1.29 is 19.0 Å². The van der Waals surface area contributed by atoms with Crippen molar-refractivity contribution in [3.05, 3.63) is 52.5 Å². The van der Waals surface area contributed by atoms with E-state index in [2.05, 4.69) is 52.9 Å². The first-order chi connectivity index (χ1) is 16.4. The number of hydrogen-bond donors (Lipinski definition) is 1. The first-order valence-electron chi connectivity index (χ1n) is 12.6. The zero-order valence-electron chi connectivity index (χ0n) is 22.4. The van der Waals surface area contributed by atoms with Gasteiger partial charge in [-0.3, -0.25) is 4.79 Å². The van der Waals surface area contributed by atoms with Gasteiger partial charge in [-0.05, 0) is 102 Å². The second kappa shape index (κ2) is 13.1. The summed E-state index contributed by atoms with van der Waals surface area (Å²) in [7, 11) is 0. The van der Waals surface area contributed by atoms with E-state index in [1.54, 1.807) is 12.1 Å². The Hall–Kier alpha value is -2.40. The molecule has 0 aliphatic rings. The molecule has 2 rings (SSSR count). The summed E-state index contributed by atoms with van der Waals surface area (Å²) in [5.74, 6) is 2.23. The summed E-state index contributed by atoms with van der Waals surface area (Å²) in [5.41, 5.74) is 1.57. The summed E-state index contributed by atoms with van der Waals surface area (Å²) in [6.07, 6.45) is 4.48. The number of rotatable bonds is 14. The average Bonchev–Trinajstić information content (AvgIpc) is 2.79. The number of amides is 1. The lowest BCUT2D eigenvalue weighted by Crippen LogP contribution is -2.30. The minimum absolute atomic E-state index is 0.0118. The highest BCUT2D eigenvalue weighted by Crippen LogP contribution is 2.32. The number of carbonyl (C=O) groups excluding carboxylic acids is 1. The van der Waals surface area contributed by atoms with Gasteiger partial charge >= 0.3 is 0 Å². The van der Waals surface area contributed by atoms with Crippen molar-refractivity contribution in [2.24, 2.45) is 0 Å². The van der Waals surface area contributed by atoms with E-state index < -0.39 is 0 Å². The highest BCUT2D eigenvalue weighted by Gasteiger charge is 2.21. The fraction of sp³-hybridized carbons (Fsp3) is 0.552. The van der Waals surface area contributed by atoms with E-state index in [1.165, 1.54) is 0 Å². The van der Waals surface area contributed by atoms with Crippen LogP contribution in [0.15, 0.2) is 36.4 Å². The number of nitrogens with one attached hydrogen (secondary N) is 1. The van der Waals surface area contributed by atoms with E-state index in [0.29, 0.717) is 17.3 Å². The molecule has 35 heavy (non-hydrogen) atoms. The number of aryl methyl sites for hydroxylation is 2. The van der Waals surface area contributed by atoms with Crippen molar-refractivity contribution in [2.75, 3.05) is 13.2 Å². The van der Waals surface area contributed by atoms with Gasteiger partial charge in [0.05, 0.1) is 0 Å². The molecule has 0 spiro atoms. The van der Waals surface area contributed by atoms with Crippen LogP contribution in [0, 0.1) is 6.92 Å². The zero-order chi connectivity index (χ0) is 26.1. The standard InChI is InChI=1S/C29H42ClNO4/c1-8-28(4,5)34-24-15-13-22(26(19-24)35-29(6,7)9-2)12-10-11-17-31-27(32)20-33-25-16-14-23(30)18-21(25)3/h13-16,18-19H,8-12,17,20H2,1-7H3,(H,31,32). The fourth-order valence-electron chi connectivity index (χ4n) is 3.30. The van der Waals surface area contributed by atoms with Crippen molar-refractivity contribution in [2.45, 2.75) is 91.8 Å². The molecule has 0 aromatic heterocycles. The Labute approximate surface area is 216 Å². The van der Waals surface area contributed by atoms with Gasteiger partial charge in [0.2, 0.25) is 0 Å². The third-order valence-corrected chi connectivity index (χ3v) is 6.45. The molecule has 0 saturated heterocycles. The highest BCUT2D eigenvalue weighted by molar-refractivity contribution is 6.30. The molecule has 1 amide bonds. The molecule has 0 aliphatic heterocycles. The van der Waals surface area contributed by atoms with Crippen LogP contribution in [0.5, 0.6) is 17.2 Å². The Morgan fingerprint density at radius 3 is 2.26 bits per heavy atom. The largest absolute Gasteiger partial charge is 0.488 e. The second-order valence-corrected chi connectivity index (χ2v) is 10.6. The van der Waals surface area contributed by atoms with Crippen molar-refractivity contribution >= 4 is 17.5 Å². The molecule has 1 N–H and O–H groups in total. The second-order valence-electron chi connectivity index (χ2n) is 10.2. The molecule has 2 aromatic rings. The fourth-order valence-corrected chi connectivity index (χ4v) is 3.52. The van der Waals surface area contributed by atoms with Crippen LogP contribution >= 0.6 is 11.6 Å². The van der Waals surface area contributed by atoms with Crippen LogP contribution in [0.4, 0.5) is 0 Å². The molecule has 5 nitrogen and oxygen atoms in total. The zero-order valence-corrected chi connectivity index (χ0v) is 23.2. The molecule has 0 bridgehead atoms. The molecule has 0 unspecified atom stereocenters. The van der Waals surface area contributed by atoms with E-state index in [1.807, 2.05) is 25.1 Å².